The molecule has 0 bridgehead atoms. The Bertz CT molecular complexity index is 350. The van der Waals surface area contributed by atoms with Crippen molar-refractivity contribution in [2.75, 3.05) is 20.3 Å². The van der Waals surface area contributed by atoms with Crippen molar-refractivity contribution in [3.8, 4) is 0 Å². The Morgan fingerprint density at radius 3 is 2.67 bits per heavy atom. The summed E-state index contributed by atoms with van der Waals surface area (Å²) in [5.74, 6) is 0. The second-order valence-electron chi connectivity index (χ2n) is 4.39. The van der Waals surface area contributed by atoms with E-state index in [4.69, 9.17) is 27.9 Å². The molecule has 18 heavy (non-hydrogen) atoms. The van der Waals surface area contributed by atoms with Crippen molar-refractivity contribution in [3.63, 3.8) is 0 Å². The Morgan fingerprint density at radius 1 is 1.28 bits per heavy atom. The summed E-state index contributed by atoms with van der Waals surface area (Å²) in [4.78, 5) is 0. The second-order valence-corrected chi connectivity index (χ2v) is 5.20. The monoisotopic (exact) mass is 289 g/mol. The van der Waals surface area contributed by atoms with Gasteiger partial charge < -0.3 is 10.1 Å². The van der Waals surface area contributed by atoms with E-state index in [9.17, 15) is 0 Å². The first kappa shape index (κ1) is 15.8. The van der Waals surface area contributed by atoms with Gasteiger partial charge in [0.1, 0.15) is 0 Å². The Balaban J connectivity index is 2.59. The highest BCUT2D eigenvalue weighted by Gasteiger charge is 2.09. The molecule has 4 heteroatoms. The first-order valence-corrected chi connectivity index (χ1v) is 7.09. The van der Waals surface area contributed by atoms with Gasteiger partial charge in [-0.2, -0.15) is 0 Å². The van der Waals surface area contributed by atoms with Crippen molar-refractivity contribution in [2.24, 2.45) is 0 Å². The van der Waals surface area contributed by atoms with Gasteiger partial charge in [-0.3, -0.25) is 0 Å². The molecule has 1 rings (SSSR count). The van der Waals surface area contributed by atoms with E-state index in [0.29, 0.717) is 16.1 Å². The summed E-state index contributed by atoms with van der Waals surface area (Å²) in [6.45, 7) is 3.96. The highest BCUT2D eigenvalue weighted by Crippen LogP contribution is 2.23. The maximum absolute atomic E-state index is 6.03. The molecule has 102 valence electrons. The van der Waals surface area contributed by atoms with Gasteiger partial charge in [-0.25, -0.2) is 0 Å². The SMILES string of the molecule is CCCNC(CCOC)Cc1ccc(Cl)c(Cl)c1. The van der Waals surface area contributed by atoms with Crippen LogP contribution in [0.25, 0.3) is 0 Å². The van der Waals surface area contributed by atoms with Gasteiger partial charge >= 0.3 is 0 Å². The third kappa shape index (κ3) is 5.57. The second kappa shape index (κ2) is 8.76. The molecule has 0 aliphatic rings. The van der Waals surface area contributed by atoms with Gasteiger partial charge in [0.25, 0.3) is 0 Å². The largest absolute Gasteiger partial charge is 0.385 e. The number of benzene rings is 1. The van der Waals surface area contributed by atoms with Crippen molar-refractivity contribution in [2.45, 2.75) is 32.2 Å². The zero-order valence-corrected chi connectivity index (χ0v) is 12.5. The summed E-state index contributed by atoms with van der Waals surface area (Å²) >= 11 is 11.9. The predicted octanol–water partition coefficient (Wildman–Crippen LogP) is 3.94. The maximum atomic E-state index is 6.03. The van der Waals surface area contributed by atoms with Gasteiger partial charge in [-0.15, -0.1) is 0 Å². The van der Waals surface area contributed by atoms with Crippen LogP contribution in [0.5, 0.6) is 0 Å². The van der Waals surface area contributed by atoms with Crippen LogP contribution in [0.1, 0.15) is 25.3 Å². The molecule has 1 unspecified atom stereocenters. The minimum atomic E-state index is 0.419. The number of ether oxygens (including phenoxy) is 1. The highest BCUT2D eigenvalue weighted by atomic mass is 35.5. The van der Waals surface area contributed by atoms with E-state index in [1.807, 2.05) is 18.2 Å². The quantitative estimate of drug-likeness (QED) is 0.783. The van der Waals surface area contributed by atoms with Gasteiger partial charge in [-0.1, -0.05) is 36.2 Å². The summed E-state index contributed by atoms with van der Waals surface area (Å²) in [7, 11) is 1.73. The number of hydrogen-bond acceptors (Lipinski definition) is 2. The third-order valence-corrected chi connectivity index (χ3v) is 3.56. The van der Waals surface area contributed by atoms with Gasteiger partial charge in [0.05, 0.1) is 10.0 Å². The van der Waals surface area contributed by atoms with E-state index in [-0.39, 0.29) is 0 Å². The molecular weight excluding hydrogens is 269 g/mol. The van der Waals surface area contributed by atoms with Crippen molar-refractivity contribution >= 4 is 23.2 Å². The summed E-state index contributed by atoms with van der Waals surface area (Å²) in [6.07, 6.45) is 3.07. The van der Waals surface area contributed by atoms with E-state index in [1.54, 1.807) is 7.11 Å². The zero-order chi connectivity index (χ0) is 13.4. The molecule has 0 aliphatic heterocycles. The van der Waals surface area contributed by atoms with Gasteiger partial charge in [0.2, 0.25) is 0 Å². The highest BCUT2D eigenvalue weighted by molar-refractivity contribution is 6.42. The average Bonchev–Trinajstić information content (AvgIpc) is 2.37. The Labute approximate surface area is 120 Å². The molecular formula is C14H21Cl2NO. The molecule has 0 aliphatic carbocycles. The smallest absolute Gasteiger partial charge is 0.0595 e. The summed E-state index contributed by atoms with van der Waals surface area (Å²) in [6, 6.07) is 6.24. The molecule has 0 aromatic heterocycles. The molecule has 2 nitrogen and oxygen atoms in total. The predicted molar refractivity (Wildman–Crippen MR) is 78.7 cm³/mol. The number of nitrogens with one attached hydrogen (secondary N) is 1. The zero-order valence-electron chi connectivity index (χ0n) is 11.0. The first-order valence-electron chi connectivity index (χ1n) is 6.33. The van der Waals surface area contributed by atoms with Crippen LogP contribution in [-0.2, 0) is 11.2 Å². The lowest BCUT2D eigenvalue weighted by Gasteiger charge is -2.18. The van der Waals surface area contributed by atoms with Crippen molar-refractivity contribution in [1.82, 2.24) is 5.32 Å². The minimum absolute atomic E-state index is 0.419. The Hall–Kier alpha value is -0.280. The van der Waals surface area contributed by atoms with E-state index in [2.05, 4.69) is 12.2 Å². The van der Waals surface area contributed by atoms with Crippen molar-refractivity contribution < 1.29 is 4.74 Å². The summed E-state index contributed by atoms with van der Waals surface area (Å²) in [5, 5.41) is 4.76. The fourth-order valence-corrected chi connectivity index (χ4v) is 2.16. The van der Waals surface area contributed by atoms with Crippen LogP contribution >= 0.6 is 23.2 Å². The van der Waals surface area contributed by atoms with Crippen LogP contribution in [0, 0.1) is 0 Å². The van der Waals surface area contributed by atoms with E-state index < -0.39 is 0 Å². The first-order chi connectivity index (χ1) is 8.67. The van der Waals surface area contributed by atoms with Crippen LogP contribution in [0.2, 0.25) is 10.0 Å². The molecule has 0 saturated carbocycles. The van der Waals surface area contributed by atoms with Crippen LogP contribution in [0.3, 0.4) is 0 Å². The van der Waals surface area contributed by atoms with Crippen molar-refractivity contribution in [3.05, 3.63) is 33.8 Å². The standard InChI is InChI=1S/C14H21Cl2NO/c1-3-7-17-12(6-8-18-2)9-11-4-5-13(15)14(16)10-11/h4-5,10,12,17H,3,6-9H2,1-2H3. The molecule has 1 atom stereocenters. The van der Waals surface area contributed by atoms with Crippen molar-refractivity contribution in [1.29, 1.82) is 0 Å². The molecule has 1 N–H and O–H groups in total. The lowest BCUT2D eigenvalue weighted by atomic mass is 10.0. The number of rotatable bonds is 8. The fourth-order valence-electron chi connectivity index (χ4n) is 1.84. The normalized spacial score (nSPS) is 12.7. The molecule has 0 spiro atoms. The number of halogens is 2. The third-order valence-electron chi connectivity index (χ3n) is 2.82. The Morgan fingerprint density at radius 2 is 2.06 bits per heavy atom. The van der Waals surface area contributed by atoms with Crippen LogP contribution in [-0.4, -0.2) is 26.3 Å². The molecule has 1 aromatic rings. The lowest BCUT2D eigenvalue weighted by molar-refractivity contribution is 0.182. The molecule has 1 aromatic carbocycles. The number of methoxy groups -OCH3 is 1. The topological polar surface area (TPSA) is 21.3 Å². The number of hydrogen-bond donors (Lipinski definition) is 1. The lowest BCUT2D eigenvalue weighted by Crippen LogP contribution is -2.32. The molecule has 0 fully saturated rings. The van der Waals surface area contributed by atoms with E-state index in [0.717, 1.165) is 32.4 Å². The minimum Gasteiger partial charge on any atom is -0.385 e. The average molecular weight is 290 g/mol. The van der Waals surface area contributed by atoms with Gasteiger partial charge in [0.15, 0.2) is 0 Å². The van der Waals surface area contributed by atoms with Gasteiger partial charge in [0, 0.05) is 19.8 Å². The molecule has 0 saturated heterocycles. The van der Waals surface area contributed by atoms with E-state index in [1.165, 1.54) is 5.56 Å². The van der Waals surface area contributed by atoms with Crippen LogP contribution in [0.4, 0.5) is 0 Å². The molecule has 0 amide bonds. The fraction of sp³-hybridized carbons (Fsp3) is 0.571. The van der Waals surface area contributed by atoms with E-state index >= 15 is 0 Å². The van der Waals surface area contributed by atoms with Gasteiger partial charge in [-0.05, 0) is 43.5 Å². The summed E-state index contributed by atoms with van der Waals surface area (Å²) < 4.78 is 5.15. The molecule has 0 heterocycles. The van der Waals surface area contributed by atoms with Crippen LogP contribution in [0.15, 0.2) is 18.2 Å². The van der Waals surface area contributed by atoms with Crippen LogP contribution < -0.4 is 5.32 Å². The maximum Gasteiger partial charge on any atom is 0.0595 e. The molecule has 0 radical (unpaired) electrons. The summed E-state index contributed by atoms with van der Waals surface area (Å²) in [5.41, 5.74) is 1.20. The Kier molecular flexibility index (Phi) is 7.68.